The van der Waals surface area contributed by atoms with Crippen molar-refractivity contribution in [2.75, 3.05) is 81.9 Å². The van der Waals surface area contributed by atoms with Gasteiger partial charge >= 0.3 is 5.97 Å². The first-order valence-electron chi connectivity index (χ1n) is 12.0. The number of fused-ring (bicyclic) bond motifs is 1. The molecule has 0 spiro atoms. The third-order valence-corrected chi connectivity index (χ3v) is 7.94. The fourth-order valence-corrected chi connectivity index (χ4v) is 5.53. The first-order valence-corrected chi connectivity index (χ1v) is 13.8. The fourth-order valence-electron chi connectivity index (χ4n) is 3.84. The van der Waals surface area contributed by atoms with Gasteiger partial charge in [0.2, 0.25) is 5.95 Å². The van der Waals surface area contributed by atoms with Crippen LogP contribution < -0.4 is 14.7 Å². The van der Waals surface area contributed by atoms with Crippen molar-refractivity contribution in [2.45, 2.75) is 18.5 Å². The molecule has 3 aromatic heterocycles. The zero-order valence-electron chi connectivity index (χ0n) is 22.0. The van der Waals surface area contributed by atoms with Crippen LogP contribution in [0, 0.1) is 0 Å². The molecule has 0 atom stereocenters. The Morgan fingerprint density at radius 3 is 2.38 bits per heavy atom. The summed E-state index contributed by atoms with van der Waals surface area (Å²) in [6.45, 7) is 4.45. The van der Waals surface area contributed by atoms with E-state index < -0.39 is 0 Å². The second-order valence-electron chi connectivity index (χ2n) is 8.96. The number of thioether (sulfide) groups is 1. The molecule has 13 heteroatoms. The molecule has 4 rings (SSSR count). The van der Waals surface area contributed by atoms with Crippen LogP contribution in [0.5, 0.6) is 0 Å². The number of thiophene rings is 1. The standard InChI is InChI=1S/C24H32N8O3S2/c1-7-15-12-16-20(27-24(28-21(16)37-15)36-14-19(33)35-6)31-8-10-32(11-9-31)22(34)17-13-18(29(2)3)26-23(25-17)30(4)5/h12-13H,7-11,14H2,1-6H3. The minimum atomic E-state index is -0.317. The predicted octanol–water partition coefficient (Wildman–Crippen LogP) is 2.40. The number of methoxy groups -OCH3 is 1. The van der Waals surface area contributed by atoms with Crippen molar-refractivity contribution in [3.8, 4) is 0 Å². The number of esters is 1. The van der Waals surface area contributed by atoms with E-state index in [1.54, 1.807) is 22.3 Å². The summed E-state index contributed by atoms with van der Waals surface area (Å²) < 4.78 is 4.76. The molecule has 1 fully saturated rings. The van der Waals surface area contributed by atoms with Crippen LogP contribution in [0.25, 0.3) is 10.2 Å². The van der Waals surface area contributed by atoms with Crippen molar-refractivity contribution in [2.24, 2.45) is 0 Å². The van der Waals surface area contributed by atoms with Crippen LogP contribution in [0.15, 0.2) is 17.3 Å². The molecule has 4 heterocycles. The minimum absolute atomic E-state index is 0.112. The molecular formula is C24H32N8O3S2. The van der Waals surface area contributed by atoms with Crippen molar-refractivity contribution in [1.82, 2.24) is 24.8 Å². The van der Waals surface area contributed by atoms with Gasteiger partial charge in [0.1, 0.15) is 22.2 Å². The summed E-state index contributed by atoms with van der Waals surface area (Å²) in [5.41, 5.74) is 0.382. The molecule has 198 valence electrons. The minimum Gasteiger partial charge on any atom is -0.468 e. The molecule has 0 N–H and O–H groups in total. The highest BCUT2D eigenvalue weighted by Gasteiger charge is 2.27. The van der Waals surface area contributed by atoms with E-state index in [9.17, 15) is 9.59 Å². The largest absolute Gasteiger partial charge is 0.468 e. The second-order valence-corrected chi connectivity index (χ2v) is 11.0. The van der Waals surface area contributed by atoms with Crippen LogP contribution in [0.2, 0.25) is 0 Å². The molecule has 0 unspecified atom stereocenters. The molecule has 0 radical (unpaired) electrons. The lowest BCUT2D eigenvalue weighted by atomic mass is 10.2. The Bertz CT molecular complexity index is 1260. The Hall–Kier alpha value is -3.19. The van der Waals surface area contributed by atoms with E-state index in [2.05, 4.69) is 32.8 Å². The monoisotopic (exact) mass is 544 g/mol. The number of hydrogen-bond donors (Lipinski definition) is 0. The fraction of sp³-hybridized carbons (Fsp3) is 0.500. The summed E-state index contributed by atoms with van der Waals surface area (Å²) in [6.07, 6.45) is 0.913. The lowest BCUT2D eigenvalue weighted by Gasteiger charge is -2.35. The number of anilines is 3. The smallest absolute Gasteiger partial charge is 0.316 e. The van der Waals surface area contributed by atoms with Crippen LogP contribution in [-0.2, 0) is 16.0 Å². The number of carbonyl (C=O) groups excluding carboxylic acids is 2. The number of hydrogen-bond acceptors (Lipinski definition) is 12. The third-order valence-electron chi connectivity index (χ3n) is 5.94. The highest BCUT2D eigenvalue weighted by molar-refractivity contribution is 7.99. The van der Waals surface area contributed by atoms with Crippen LogP contribution in [0.4, 0.5) is 17.6 Å². The van der Waals surface area contributed by atoms with Crippen LogP contribution in [0.1, 0.15) is 22.3 Å². The van der Waals surface area contributed by atoms with Gasteiger partial charge in [-0.1, -0.05) is 18.7 Å². The summed E-state index contributed by atoms with van der Waals surface area (Å²) in [5.74, 6) is 1.75. The molecule has 0 saturated carbocycles. The van der Waals surface area contributed by atoms with E-state index >= 15 is 0 Å². The summed E-state index contributed by atoms with van der Waals surface area (Å²) in [6, 6.07) is 3.88. The molecule has 0 bridgehead atoms. The third kappa shape index (κ3) is 6.04. The molecule has 0 aromatic carbocycles. The Balaban J connectivity index is 1.55. The van der Waals surface area contributed by atoms with Gasteiger partial charge in [-0.05, 0) is 12.5 Å². The topological polar surface area (TPSA) is 108 Å². The van der Waals surface area contributed by atoms with Crippen molar-refractivity contribution in [3.63, 3.8) is 0 Å². The Morgan fingerprint density at radius 1 is 1.03 bits per heavy atom. The number of carbonyl (C=O) groups is 2. The molecule has 0 aliphatic carbocycles. The van der Waals surface area contributed by atoms with Gasteiger partial charge in [0, 0.05) is 65.3 Å². The SMILES string of the molecule is CCc1cc2c(N3CCN(C(=O)c4cc(N(C)C)nc(N(C)C)n4)CC3)nc(SCC(=O)OC)nc2s1. The maximum atomic E-state index is 13.4. The van der Waals surface area contributed by atoms with E-state index in [-0.39, 0.29) is 17.6 Å². The molecular weight excluding hydrogens is 512 g/mol. The predicted molar refractivity (Wildman–Crippen MR) is 148 cm³/mol. The Kier molecular flexibility index (Phi) is 8.32. The van der Waals surface area contributed by atoms with E-state index in [0.717, 1.165) is 22.5 Å². The van der Waals surface area contributed by atoms with Gasteiger partial charge in [0.15, 0.2) is 5.16 Å². The second kappa shape index (κ2) is 11.5. The van der Waals surface area contributed by atoms with Gasteiger partial charge in [-0.25, -0.2) is 15.0 Å². The molecule has 1 saturated heterocycles. The number of ether oxygens (including phenoxy) is 1. The Morgan fingerprint density at radius 2 is 1.76 bits per heavy atom. The van der Waals surface area contributed by atoms with Crippen LogP contribution >= 0.6 is 23.1 Å². The average molecular weight is 545 g/mol. The van der Waals surface area contributed by atoms with Gasteiger partial charge in [-0.3, -0.25) is 9.59 Å². The molecule has 11 nitrogen and oxygen atoms in total. The first kappa shape index (κ1) is 26.9. The number of nitrogens with zero attached hydrogens (tertiary/aromatic N) is 8. The summed E-state index contributed by atoms with van der Waals surface area (Å²) in [7, 11) is 8.87. The Labute approximate surface area is 224 Å². The van der Waals surface area contributed by atoms with Gasteiger partial charge in [0.05, 0.1) is 18.2 Å². The van der Waals surface area contributed by atoms with Gasteiger partial charge < -0.3 is 24.3 Å². The first-order chi connectivity index (χ1) is 17.7. The van der Waals surface area contributed by atoms with E-state index in [0.29, 0.717) is 48.8 Å². The summed E-state index contributed by atoms with van der Waals surface area (Å²) in [5, 5.41) is 1.55. The maximum Gasteiger partial charge on any atom is 0.316 e. The van der Waals surface area contributed by atoms with E-state index in [4.69, 9.17) is 9.72 Å². The molecule has 37 heavy (non-hydrogen) atoms. The lowest BCUT2D eigenvalue weighted by molar-refractivity contribution is -0.137. The zero-order valence-corrected chi connectivity index (χ0v) is 23.6. The maximum absolute atomic E-state index is 13.4. The number of amides is 1. The molecule has 1 amide bonds. The van der Waals surface area contributed by atoms with Crippen LogP contribution in [-0.4, -0.2) is 104 Å². The van der Waals surface area contributed by atoms with Crippen molar-refractivity contribution in [1.29, 1.82) is 0 Å². The van der Waals surface area contributed by atoms with Gasteiger partial charge in [-0.15, -0.1) is 11.3 Å². The molecule has 1 aliphatic rings. The normalized spacial score (nSPS) is 13.7. The van der Waals surface area contributed by atoms with Gasteiger partial charge in [-0.2, -0.15) is 4.98 Å². The molecule has 1 aliphatic heterocycles. The van der Waals surface area contributed by atoms with Crippen LogP contribution in [0.3, 0.4) is 0 Å². The molecule has 3 aromatic rings. The lowest BCUT2D eigenvalue weighted by Crippen LogP contribution is -2.49. The number of rotatable bonds is 8. The van der Waals surface area contributed by atoms with Gasteiger partial charge in [0.25, 0.3) is 5.91 Å². The zero-order chi connectivity index (χ0) is 26.7. The van der Waals surface area contributed by atoms with Crippen molar-refractivity contribution < 1.29 is 14.3 Å². The van der Waals surface area contributed by atoms with Crippen molar-refractivity contribution >= 4 is 62.8 Å². The highest BCUT2D eigenvalue weighted by Crippen LogP contribution is 2.34. The number of aryl methyl sites for hydroxylation is 1. The number of aromatic nitrogens is 4. The quantitative estimate of drug-likeness (QED) is 0.237. The highest BCUT2D eigenvalue weighted by atomic mass is 32.2. The average Bonchev–Trinajstić information content (AvgIpc) is 3.34. The van der Waals surface area contributed by atoms with Crippen molar-refractivity contribution in [3.05, 3.63) is 22.7 Å². The number of piperazine rings is 1. The van der Waals surface area contributed by atoms with E-state index in [1.807, 2.05) is 38.0 Å². The van der Waals surface area contributed by atoms with E-state index in [1.165, 1.54) is 23.7 Å². The summed E-state index contributed by atoms with van der Waals surface area (Å²) in [4.78, 5) is 53.4. The summed E-state index contributed by atoms with van der Waals surface area (Å²) >= 11 is 2.92.